The normalized spacial score (nSPS) is 18.0. The molecule has 0 aliphatic heterocycles. The maximum Gasteiger partial charge on any atom is 0.404 e. The number of oxazole rings is 1. The number of carboxylic acid groups (broad SMARTS) is 1. The van der Waals surface area contributed by atoms with E-state index >= 15 is 0 Å². The minimum Gasteiger partial charge on any atom is -0.493 e. The zero-order valence-corrected chi connectivity index (χ0v) is 15.8. The van der Waals surface area contributed by atoms with Crippen molar-refractivity contribution in [2.45, 2.75) is 25.3 Å². The topological polar surface area (TPSA) is 120 Å². The van der Waals surface area contributed by atoms with Crippen LogP contribution in [-0.2, 0) is 0 Å². The van der Waals surface area contributed by atoms with Crippen LogP contribution in [0.4, 0.5) is 13.6 Å². The standard InChI is InChI=1S/C19H18F2N4O5/c1-10(23-18(26)27)8-29-17-22-7-14-16(25-17)30-15(24-14)11-2-4-13(5-3-11)28-9-12-6-19(12,20)21/h2-5,7,10,12,23H,6,8-9H2,1H3,(H,26,27)/t10-,12?/m0/s1. The maximum atomic E-state index is 12.9. The van der Waals surface area contributed by atoms with Crippen molar-refractivity contribution in [2.24, 2.45) is 5.92 Å². The predicted octanol–water partition coefficient (Wildman–Crippen LogP) is 3.35. The van der Waals surface area contributed by atoms with E-state index in [4.69, 9.17) is 19.0 Å². The van der Waals surface area contributed by atoms with Crippen LogP contribution in [0.1, 0.15) is 13.3 Å². The fraction of sp³-hybridized carbons (Fsp3) is 0.368. The molecule has 9 nitrogen and oxygen atoms in total. The Bertz CT molecular complexity index is 1060. The first-order valence-corrected chi connectivity index (χ1v) is 9.17. The Morgan fingerprint density at radius 1 is 1.33 bits per heavy atom. The van der Waals surface area contributed by atoms with Crippen LogP contribution >= 0.6 is 0 Å². The van der Waals surface area contributed by atoms with Crippen molar-refractivity contribution < 1.29 is 32.6 Å². The van der Waals surface area contributed by atoms with Crippen molar-refractivity contribution >= 4 is 17.3 Å². The third kappa shape index (κ3) is 4.56. The van der Waals surface area contributed by atoms with Gasteiger partial charge in [0.05, 0.1) is 24.8 Å². The highest BCUT2D eigenvalue weighted by molar-refractivity contribution is 5.72. The molecule has 3 aromatic rings. The smallest absolute Gasteiger partial charge is 0.404 e. The number of carbonyl (C=O) groups is 1. The zero-order valence-electron chi connectivity index (χ0n) is 15.8. The Morgan fingerprint density at radius 2 is 2.07 bits per heavy atom. The molecule has 11 heteroatoms. The summed E-state index contributed by atoms with van der Waals surface area (Å²) in [5.74, 6) is -2.53. The number of rotatable bonds is 8. The van der Waals surface area contributed by atoms with Crippen LogP contribution in [0.5, 0.6) is 11.8 Å². The lowest BCUT2D eigenvalue weighted by molar-refractivity contribution is 0.0856. The molecule has 1 aliphatic rings. The van der Waals surface area contributed by atoms with Gasteiger partial charge in [0, 0.05) is 12.0 Å². The summed E-state index contributed by atoms with van der Waals surface area (Å²) in [7, 11) is 0. The molecule has 0 bridgehead atoms. The molecule has 2 atom stereocenters. The van der Waals surface area contributed by atoms with Gasteiger partial charge in [0.15, 0.2) is 0 Å². The van der Waals surface area contributed by atoms with Gasteiger partial charge in [-0.25, -0.2) is 23.5 Å². The first-order chi connectivity index (χ1) is 14.3. The Morgan fingerprint density at radius 3 is 2.73 bits per heavy atom. The van der Waals surface area contributed by atoms with E-state index in [-0.39, 0.29) is 31.4 Å². The van der Waals surface area contributed by atoms with Gasteiger partial charge in [-0.05, 0) is 31.2 Å². The van der Waals surface area contributed by atoms with Crippen LogP contribution in [0.2, 0.25) is 0 Å². The summed E-state index contributed by atoms with van der Waals surface area (Å²) < 4.78 is 42.2. The molecule has 2 N–H and O–H groups in total. The van der Waals surface area contributed by atoms with Crippen LogP contribution in [-0.4, -0.2) is 51.3 Å². The summed E-state index contributed by atoms with van der Waals surface area (Å²) >= 11 is 0. The van der Waals surface area contributed by atoms with E-state index in [1.54, 1.807) is 31.2 Å². The Labute approximate surface area is 169 Å². The first kappa shape index (κ1) is 19.8. The molecular formula is C19H18F2N4O5. The Kier molecular flexibility index (Phi) is 5.10. The van der Waals surface area contributed by atoms with E-state index < -0.39 is 24.0 Å². The van der Waals surface area contributed by atoms with Gasteiger partial charge in [-0.3, -0.25) is 0 Å². The van der Waals surface area contributed by atoms with Crippen LogP contribution in [0.25, 0.3) is 22.7 Å². The lowest BCUT2D eigenvalue weighted by atomic mass is 10.2. The molecule has 1 amide bonds. The monoisotopic (exact) mass is 420 g/mol. The number of aromatic nitrogens is 3. The zero-order chi connectivity index (χ0) is 21.3. The lowest BCUT2D eigenvalue weighted by Gasteiger charge is -2.11. The number of halogens is 2. The average molecular weight is 420 g/mol. The van der Waals surface area contributed by atoms with Crippen LogP contribution < -0.4 is 14.8 Å². The SMILES string of the molecule is C[C@@H](COc1ncc2nc(-c3ccc(OCC4CC4(F)F)cc3)oc2n1)NC(=O)O. The van der Waals surface area contributed by atoms with Gasteiger partial charge in [-0.15, -0.1) is 0 Å². The highest BCUT2D eigenvalue weighted by Gasteiger charge is 2.57. The van der Waals surface area contributed by atoms with E-state index in [0.717, 1.165) is 0 Å². The number of hydrogen-bond acceptors (Lipinski definition) is 7. The van der Waals surface area contributed by atoms with Gasteiger partial charge < -0.3 is 24.3 Å². The molecule has 158 valence electrons. The summed E-state index contributed by atoms with van der Waals surface area (Å²) in [6.07, 6.45) is 0.160. The third-order valence-corrected chi connectivity index (χ3v) is 4.47. The van der Waals surface area contributed by atoms with Crippen LogP contribution in [0.3, 0.4) is 0 Å². The van der Waals surface area contributed by atoms with E-state index in [1.165, 1.54) is 6.20 Å². The van der Waals surface area contributed by atoms with Gasteiger partial charge in [-0.1, -0.05) is 0 Å². The van der Waals surface area contributed by atoms with Crippen molar-refractivity contribution in [2.75, 3.05) is 13.2 Å². The summed E-state index contributed by atoms with van der Waals surface area (Å²) in [4.78, 5) is 23.1. The average Bonchev–Trinajstić information content (AvgIpc) is 3.10. The number of ether oxygens (including phenoxy) is 2. The Hall–Kier alpha value is -3.50. The van der Waals surface area contributed by atoms with E-state index in [9.17, 15) is 13.6 Å². The minimum absolute atomic E-state index is 0.0196. The van der Waals surface area contributed by atoms with Gasteiger partial charge in [0.2, 0.25) is 5.89 Å². The quantitative estimate of drug-likeness (QED) is 0.569. The number of benzene rings is 1. The summed E-state index contributed by atoms with van der Waals surface area (Å²) in [5, 5.41) is 10.9. The molecule has 1 aromatic carbocycles. The van der Waals surface area contributed by atoms with Crippen molar-refractivity contribution in [3.8, 4) is 23.2 Å². The van der Waals surface area contributed by atoms with E-state index in [0.29, 0.717) is 22.7 Å². The van der Waals surface area contributed by atoms with Crippen molar-refractivity contribution in [1.29, 1.82) is 0 Å². The molecule has 0 saturated heterocycles. The fourth-order valence-electron chi connectivity index (χ4n) is 2.71. The predicted molar refractivity (Wildman–Crippen MR) is 99.7 cm³/mol. The van der Waals surface area contributed by atoms with Gasteiger partial charge in [0.1, 0.15) is 17.9 Å². The molecule has 0 radical (unpaired) electrons. The van der Waals surface area contributed by atoms with Gasteiger partial charge in [-0.2, -0.15) is 4.98 Å². The minimum atomic E-state index is -2.60. The number of nitrogens with zero attached hydrogens (tertiary/aromatic N) is 3. The van der Waals surface area contributed by atoms with Gasteiger partial charge in [0.25, 0.3) is 11.6 Å². The second-order valence-corrected chi connectivity index (χ2v) is 7.02. The third-order valence-electron chi connectivity index (χ3n) is 4.47. The number of alkyl halides is 2. The first-order valence-electron chi connectivity index (χ1n) is 9.17. The largest absolute Gasteiger partial charge is 0.493 e. The summed E-state index contributed by atoms with van der Waals surface area (Å²) in [6, 6.07) is 6.30. The molecule has 2 aromatic heterocycles. The summed E-state index contributed by atoms with van der Waals surface area (Å²) in [5.41, 5.74) is 1.29. The number of hydrogen-bond donors (Lipinski definition) is 2. The number of fused-ring (bicyclic) bond motifs is 1. The summed E-state index contributed by atoms with van der Waals surface area (Å²) in [6.45, 7) is 1.67. The highest BCUT2D eigenvalue weighted by Crippen LogP contribution is 2.48. The lowest BCUT2D eigenvalue weighted by Crippen LogP contribution is -2.35. The second-order valence-electron chi connectivity index (χ2n) is 7.02. The van der Waals surface area contributed by atoms with E-state index in [1.807, 2.05) is 0 Å². The van der Waals surface area contributed by atoms with Crippen molar-refractivity contribution in [3.05, 3.63) is 30.5 Å². The molecule has 1 fully saturated rings. The molecule has 1 saturated carbocycles. The van der Waals surface area contributed by atoms with Crippen molar-refractivity contribution in [1.82, 2.24) is 20.3 Å². The molecule has 1 aliphatic carbocycles. The molecule has 2 heterocycles. The van der Waals surface area contributed by atoms with Crippen molar-refractivity contribution in [3.63, 3.8) is 0 Å². The molecule has 0 spiro atoms. The number of nitrogens with one attached hydrogen (secondary N) is 1. The van der Waals surface area contributed by atoms with Gasteiger partial charge >= 0.3 is 12.1 Å². The molecule has 1 unspecified atom stereocenters. The van der Waals surface area contributed by atoms with Crippen LogP contribution in [0, 0.1) is 5.92 Å². The van der Waals surface area contributed by atoms with Crippen LogP contribution in [0.15, 0.2) is 34.9 Å². The number of amides is 1. The molecular weight excluding hydrogens is 402 g/mol. The maximum absolute atomic E-state index is 12.9. The molecule has 4 rings (SSSR count). The van der Waals surface area contributed by atoms with E-state index in [2.05, 4.69) is 20.3 Å². The molecule has 30 heavy (non-hydrogen) atoms. The second kappa shape index (κ2) is 7.73. The fourth-order valence-corrected chi connectivity index (χ4v) is 2.71. The highest BCUT2D eigenvalue weighted by atomic mass is 19.3. The Balaban J connectivity index is 1.40.